The minimum Gasteiger partial charge on any atom is -0.526 e. The van der Waals surface area contributed by atoms with Crippen molar-refractivity contribution in [3.05, 3.63) is 144 Å². The average Bonchev–Trinajstić information content (AvgIpc) is 3.20. The van der Waals surface area contributed by atoms with Crippen molar-refractivity contribution < 1.29 is 139 Å². The third-order valence-corrected chi connectivity index (χ3v) is 11.1. The Labute approximate surface area is 368 Å². The molecule has 4 rings (SSSR count). The Kier molecular flexibility index (Phi) is 15.6. The molecule has 4 aromatic rings. The Morgan fingerprint density at radius 3 is 0.515 bits per heavy atom. The molecule has 0 N–H and O–H groups in total. The molecular formula is C36H20AlF24LiO4. The summed E-state index contributed by atoms with van der Waals surface area (Å²) in [4.78, 5) is 0. The maximum atomic E-state index is 15.6. The fourth-order valence-corrected chi connectivity index (χ4v) is 7.54. The number of alkyl halides is 24. The number of halogens is 24. The SMILES string of the molecule is FC(F)([O][Al-]([O]C(F)(F)C(F)(F)C(F)(F)c1ccccc1)([O]C(F)(F)C(F)(F)C(F)(F)c1ccccc1)[O]C(F)(F)C(F)(F)C(F)(F)c1ccccc1)C(F)(F)C(F)(F)c1ccccc1.[Li+]. The molecule has 0 aliphatic rings. The number of hydrogen-bond acceptors (Lipinski definition) is 4. The van der Waals surface area contributed by atoms with Crippen molar-refractivity contribution in [2.24, 2.45) is 0 Å². The normalized spacial score (nSPS) is 14.8. The Balaban J connectivity index is 0.0000116. The predicted octanol–water partition coefficient (Wildman–Crippen LogP) is 10.6. The minimum absolute atomic E-state index is 0. The number of benzene rings is 4. The molecule has 0 aliphatic carbocycles. The van der Waals surface area contributed by atoms with Crippen LogP contribution in [0.2, 0.25) is 0 Å². The van der Waals surface area contributed by atoms with Crippen LogP contribution < -0.4 is 18.9 Å². The van der Waals surface area contributed by atoms with Crippen LogP contribution in [-0.4, -0.2) is 62.5 Å². The molecule has 0 bridgehead atoms. The van der Waals surface area contributed by atoms with Crippen LogP contribution in [0.3, 0.4) is 0 Å². The van der Waals surface area contributed by atoms with E-state index in [9.17, 15) is 0 Å². The molecule has 0 unspecified atom stereocenters. The van der Waals surface area contributed by atoms with Crippen LogP contribution in [0, 0.1) is 0 Å². The molecule has 0 aliphatic heterocycles. The van der Waals surface area contributed by atoms with Crippen LogP contribution in [0.4, 0.5) is 105 Å². The zero-order valence-electron chi connectivity index (χ0n) is 31.8. The molecule has 30 heteroatoms. The van der Waals surface area contributed by atoms with Gasteiger partial charge in [0.05, 0.1) is 0 Å². The summed E-state index contributed by atoms with van der Waals surface area (Å²) < 4.78 is 378. The fraction of sp³-hybridized carbons (Fsp3) is 0.333. The van der Waals surface area contributed by atoms with Gasteiger partial charge in [0.1, 0.15) is 0 Å². The smallest absolute Gasteiger partial charge is 0.526 e. The molecule has 360 valence electrons. The van der Waals surface area contributed by atoms with Gasteiger partial charge in [0, 0.05) is 22.3 Å². The van der Waals surface area contributed by atoms with E-state index in [1.165, 1.54) is 0 Å². The molecule has 0 aromatic heterocycles. The maximum Gasteiger partial charge on any atom is 1.00 e. The van der Waals surface area contributed by atoms with Crippen molar-refractivity contribution >= 4 is 14.4 Å². The fourth-order valence-electron chi connectivity index (χ4n) is 5.21. The van der Waals surface area contributed by atoms with Crippen LogP contribution in [-0.2, 0) is 38.8 Å². The van der Waals surface area contributed by atoms with Gasteiger partial charge in [0.25, 0.3) is 0 Å². The summed E-state index contributed by atoms with van der Waals surface area (Å²) in [6.07, 6.45) is -33.0. The van der Waals surface area contributed by atoms with Crippen molar-refractivity contribution in [2.75, 3.05) is 0 Å². The van der Waals surface area contributed by atoms with E-state index in [2.05, 4.69) is 15.2 Å². The molecule has 0 atom stereocenters. The van der Waals surface area contributed by atoms with E-state index in [4.69, 9.17) is 0 Å². The van der Waals surface area contributed by atoms with Crippen molar-refractivity contribution in [3.8, 4) is 0 Å². The van der Waals surface area contributed by atoms with E-state index < -0.39 is 108 Å². The summed E-state index contributed by atoms with van der Waals surface area (Å²) in [5.74, 6) is -58.8. The molecule has 0 radical (unpaired) electrons. The summed E-state index contributed by atoms with van der Waals surface area (Å²) in [6, 6.07) is 3.35. The average molecular weight is 1010 g/mol. The summed E-state index contributed by atoms with van der Waals surface area (Å²) in [5.41, 5.74) is -9.70. The molecule has 0 amide bonds. The zero-order chi connectivity index (χ0) is 49.8. The van der Waals surface area contributed by atoms with Gasteiger partial charge in [-0.1, -0.05) is 121 Å². The first-order valence-electron chi connectivity index (χ1n) is 16.9. The van der Waals surface area contributed by atoms with Crippen molar-refractivity contribution in [2.45, 2.75) is 71.8 Å². The number of hydrogen-bond donors (Lipinski definition) is 0. The largest absolute Gasteiger partial charge is 1.00 e. The summed E-state index contributed by atoms with van der Waals surface area (Å²) in [7, 11) is 0. The van der Waals surface area contributed by atoms with Crippen LogP contribution in [0.5, 0.6) is 0 Å². The monoisotopic (exact) mass is 1010 g/mol. The van der Waals surface area contributed by atoms with Gasteiger partial charge < -0.3 is 15.2 Å². The zero-order valence-corrected chi connectivity index (χ0v) is 33.0. The summed E-state index contributed by atoms with van der Waals surface area (Å²) in [5, 5.41) is 0. The molecule has 4 aromatic carbocycles. The summed E-state index contributed by atoms with van der Waals surface area (Å²) >= 11 is -11.2. The Morgan fingerprint density at radius 2 is 0.379 bits per heavy atom. The third-order valence-electron chi connectivity index (χ3n) is 8.75. The topological polar surface area (TPSA) is 36.9 Å². The van der Waals surface area contributed by atoms with E-state index in [0.717, 1.165) is 0 Å². The first-order chi connectivity index (χ1) is 29.2. The summed E-state index contributed by atoms with van der Waals surface area (Å²) in [6.45, 7) is 0. The van der Waals surface area contributed by atoms with E-state index in [1.54, 1.807) is 0 Å². The van der Waals surface area contributed by atoms with Crippen LogP contribution in [0.1, 0.15) is 22.3 Å². The second-order valence-corrected chi connectivity index (χ2v) is 15.3. The first kappa shape index (κ1) is 56.5. The molecule has 0 saturated heterocycles. The molecule has 0 spiro atoms. The van der Waals surface area contributed by atoms with Gasteiger partial charge in [-0.15, -0.1) is 0 Å². The first-order valence-corrected chi connectivity index (χ1v) is 18.8. The van der Waals surface area contributed by atoms with Gasteiger partial charge in [-0.2, -0.15) is 105 Å². The van der Waals surface area contributed by atoms with Gasteiger partial charge in [0.2, 0.25) is 0 Å². The van der Waals surface area contributed by atoms with Crippen molar-refractivity contribution in [1.29, 1.82) is 0 Å². The second-order valence-electron chi connectivity index (χ2n) is 13.2. The number of rotatable bonds is 20. The molecule has 0 fully saturated rings. The van der Waals surface area contributed by atoms with E-state index in [-0.39, 0.29) is 67.4 Å². The second kappa shape index (κ2) is 18.2. The van der Waals surface area contributed by atoms with Gasteiger partial charge in [-0.25, -0.2) is 0 Å². The molecule has 0 saturated carbocycles. The predicted molar refractivity (Wildman–Crippen MR) is 171 cm³/mol. The van der Waals surface area contributed by atoms with E-state index in [1.807, 2.05) is 0 Å². The Hall–Kier alpha value is -3.83. The molecular weight excluding hydrogens is 986 g/mol. The van der Waals surface area contributed by atoms with Crippen LogP contribution in [0.25, 0.3) is 0 Å². The van der Waals surface area contributed by atoms with Crippen molar-refractivity contribution in [3.63, 3.8) is 0 Å². The van der Waals surface area contributed by atoms with Gasteiger partial charge in [0.15, 0.2) is 0 Å². The minimum atomic E-state index is -11.2. The molecule has 0 heterocycles. The standard InChI is InChI=1S/4C9H5F6O.Al.Li/c4*10-7(11,6-4-2-1-3-5-6)8(12,13)9(14,15)16;;/h4*1-5H;;/q4*-1;+3;+1. The Bertz CT molecular complexity index is 1910. The Morgan fingerprint density at radius 1 is 0.242 bits per heavy atom. The van der Waals surface area contributed by atoms with Crippen molar-refractivity contribution in [1.82, 2.24) is 0 Å². The quantitative estimate of drug-likeness (QED) is 0.0653. The van der Waals surface area contributed by atoms with E-state index in [0.29, 0.717) is 72.8 Å². The van der Waals surface area contributed by atoms with E-state index >= 15 is 105 Å². The molecule has 4 nitrogen and oxygen atoms in total. The van der Waals surface area contributed by atoms with Crippen LogP contribution in [0.15, 0.2) is 121 Å². The van der Waals surface area contributed by atoms with Gasteiger partial charge in [-0.3, -0.25) is 0 Å². The van der Waals surface area contributed by atoms with Crippen LogP contribution >= 0.6 is 0 Å². The third kappa shape index (κ3) is 9.60. The maximum absolute atomic E-state index is 15.6. The van der Waals surface area contributed by atoms with Gasteiger partial charge in [-0.05, 0) is 0 Å². The molecule has 66 heavy (non-hydrogen) atoms. The van der Waals surface area contributed by atoms with Gasteiger partial charge >= 0.3 is 105 Å².